The minimum atomic E-state index is -0.324. The Kier molecular flexibility index (Phi) is 4.15. The molecule has 0 aliphatic carbocycles. The smallest absolute Gasteiger partial charge is 0.260 e. The van der Waals surface area contributed by atoms with E-state index in [0.29, 0.717) is 12.5 Å². The molecule has 0 bridgehead atoms. The monoisotopic (exact) mass is 249 g/mol. The van der Waals surface area contributed by atoms with E-state index in [9.17, 15) is 9.59 Å². The maximum Gasteiger partial charge on any atom is 0.260 e. The van der Waals surface area contributed by atoms with Crippen LogP contribution in [0.1, 0.15) is 28.9 Å². The number of carbonyl (C=O) groups is 1. The molecule has 1 atom stereocenters. The first-order valence-electron chi connectivity index (χ1n) is 6.35. The van der Waals surface area contributed by atoms with E-state index in [0.717, 1.165) is 25.2 Å². The molecule has 1 aromatic rings. The molecule has 1 aromatic heterocycles. The number of hydrogen-bond donors (Lipinski definition) is 3. The summed E-state index contributed by atoms with van der Waals surface area (Å²) in [5, 5.41) is 6.09. The van der Waals surface area contributed by atoms with Crippen LogP contribution in [0.25, 0.3) is 0 Å². The molecule has 1 fully saturated rings. The summed E-state index contributed by atoms with van der Waals surface area (Å²) in [4.78, 5) is 26.0. The number of aromatic amines is 1. The van der Waals surface area contributed by atoms with Gasteiger partial charge in [0.15, 0.2) is 0 Å². The van der Waals surface area contributed by atoms with Crippen LogP contribution in [0.5, 0.6) is 0 Å². The zero-order valence-corrected chi connectivity index (χ0v) is 10.6. The van der Waals surface area contributed by atoms with Gasteiger partial charge in [0.25, 0.3) is 11.5 Å². The number of carbonyl (C=O) groups excluding carboxylic acids is 1. The van der Waals surface area contributed by atoms with E-state index in [4.69, 9.17) is 0 Å². The van der Waals surface area contributed by atoms with Crippen LogP contribution < -0.4 is 16.2 Å². The second kappa shape index (κ2) is 5.82. The van der Waals surface area contributed by atoms with Gasteiger partial charge in [-0.3, -0.25) is 9.59 Å². The summed E-state index contributed by atoms with van der Waals surface area (Å²) < 4.78 is 0. The first-order valence-corrected chi connectivity index (χ1v) is 6.35. The molecule has 2 heterocycles. The van der Waals surface area contributed by atoms with Gasteiger partial charge in [-0.25, -0.2) is 0 Å². The zero-order chi connectivity index (χ0) is 13.0. The van der Waals surface area contributed by atoms with Crippen LogP contribution in [0.2, 0.25) is 0 Å². The van der Waals surface area contributed by atoms with Crippen LogP contribution in [0.3, 0.4) is 0 Å². The van der Waals surface area contributed by atoms with Crippen molar-refractivity contribution in [3.8, 4) is 0 Å². The lowest BCUT2D eigenvalue weighted by molar-refractivity contribution is 0.0950. The predicted molar refractivity (Wildman–Crippen MR) is 69.7 cm³/mol. The highest BCUT2D eigenvalue weighted by Crippen LogP contribution is 2.10. The fraction of sp³-hybridized carbons (Fsp3) is 0.538. The van der Waals surface area contributed by atoms with Crippen molar-refractivity contribution in [3.63, 3.8) is 0 Å². The minimum absolute atomic E-state index is 0.185. The summed E-state index contributed by atoms with van der Waals surface area (Å²) in [6, 6.07) is 3.30. The van der Waals surface area contributed by atoms with Crippen molar-refractivity contribution in [2.45, 2.75) is 19.8 Å². The first-order chi connectivity index (χ1) is 8.66. The second-order valence-corrected chi connectivity index (χ2v) is 4.79. The van der Waals surface area contributed by atoms with E-state index in [2.05, 4.69) is 15.6 Å². The number of rotatable bonds is 4. The predicted octanol–water partition coefficient (Wildman–Crippen LogP) is 0.413. The molecule has 5 nitrogen and oxygen atoms in total. The summed E-state index contributed by atoms with van der Waals surface area (Å²) in [5.41, 5.74) is 0.619. The van der Waals surface area contributed by atoms with Crippen molar-refractivity contribution in [3.05, 3.63) is 33.7 Å². The average Bonchev–Trinajstić information content (AvgIpc) is 2.81. The average molecular weight is 249 g/mol. The van der Waals surface area contributed by atoms with E-state index >= 15 is 0 Å². The Balaban J connectivity index is 1.85. The summed E-state index contributed by atoms with van der Waals surface area (Å²) in [5.74, 6) is 0.351. The Hall–Kier alpha value is -1.62. The number of hydrogen-bond acceptors (Lipinski definition) is 3. The van der Waals surface area contributed by atoms with Gasteiger partial charge in [-0.2, -0.15) is 0 Å². The normalized spacial score (nSPS) is 18.8. The number of nitrogens with one attached hydrogen (secondary N) is 3. The van der Waals surface area contributed by atoms with E-state index in [-0.39, 0.29) is 17.0 Å². The molecular formula is C13H19N3O2. The minimum Gasteiger partial charge on any atom is -0.352 e. The summed E-state index contributed by atoms with van der Waals surface area (Å²) in [7, 11) is 0. The lowest BCUT2D eigenvalue weighted by Crippen LogP contribution is -2.31. The third kappa shape index (κ3) is 3.20. The lowest BCUT2D eigenvalue weighted by atomic mass is 10.1. The highest BCUT2D eigenvalue weighted by atomic mass is 16.2. The van der Waals surface area contributed by atoms with E-state index < -0.39 is 0 Å². The van der Waals surface area contributed by atoms with Gasteiger partial charge in [0.1, 0.15) is 5.56 Å². The topological polar surface area (TPSA) is 74.0 Å². The van der Waals surface area contributed by atoms with Gasteiger partial charge in [0, 0.05) is 12.2 Å². The number of pyridine rings is 1. The van der Waals surface area contributed by atoms with Gasteiger partial charge in [0.05, 0.1) is 0 Å². The quantitative estimate of drug-likeness (QED) is 0.723. The van der Waals surface area contributed by atoms with Gasteiger partial charge >= 0.3 is 0 Å². The second-order valence-electron chi connectivity index (χ2n) is 4.79. The maximum atomic E-state index is 11.8. The molecule has 98 valence electrons. The maximum absolute atomic E-state index is 11.8. The molecular weight excluding hydrogens is 230 g/mol. The fourth-order valence-corrected chi connectivity index (χ4v) is 2.20. The van der Waals surface area contributed by atoms with Gasteiger partial charge in [0.2, 0.25) is 0 Å². The van der Waals surface area contributed by atoms with E-state index in [1.807, 2.05) is 0 Å². The van der Waals surface area contributed by atoms with Crippen LogP contribution >= 0.6 is 0 Å². The number of H-pyrrole nitrogens is 1. The van der Waals surface area contributed by atoms with Crippen LogP contribution in [0, 0.1) is 12.8 Å². The fourth-order valence-electron chi connectivity index (χ4n) is 2.20. The molecule has 1 unspecified atom stereocenters. The summed E-state index contributed by atoms with van der Waals surface area (Å²) in [6.07, 6.45) is 2.13. The highest BCUT2D eigenvalue weighted by Gasteiger charge is 2.15. The van der Waals surface area contributed by atoms with Crippen molar-refractivity contribution in [2.75, 3.05) is 19.6 Å². The Bertz CT molecular complexity index is 475. The van der Waals surface area contributed by atoms with Crippen LogP contribution in [0.15, 0.2) is 16.9 Å². The van der Waals surface area contributed by atoms with Crippen LogP contribution in [-0.4, -0.2) is 30.5 Å². The number of amides is 1. The van der Waals surface area contributed by atoms with Crippen molar-refractivity contribution in [1.29, 1.82) is 0 Å². The molecule has 1 amide bonds. The highest BCUT2D eigenvalue weighted by molar-refractivity contribution is 5.93. The Morgan fingerprint density at radius 2 is 2.33 bits per heavy atom. The number of aromatic nitrogens is 1. The molecule has 3 N–H and O–H groups in total. The molecule has 1 aliphatic heterocycles. The SMILES string of the molecule is Cc1ccc(C(=O)NCCC2CCNC2)c(=O)[nH]1. The number of aryl methyl sites for hydroxylation is 1. The summed E-state index contributed by atoms with van der Waals surface area (Å²) >= 11 is 0. The molecule has 0 spiro atoms. The largest absolute Gasteiger partial charge is 0.352 e. The van der Waals surface area contributed by atoms with Gasteiger partial charge in [-0.15, -0.1) is 0 Å². The van der Waals surface area contributed by atoms with Crippen LogP contribution in [0.4, 0.5) is 0 Å². The summed E-state index contributed by atoms with van der Waals surface area (Å²) in [6.45, 7) is 4.51. The lowest BCUT2D eigenvalue weighted by Gasteiger charge is -2.09. The van der Waals surface area contributed by atoms with Crippen LogP contribution in [-0.2, 0) is 0 Å². The molecule has 18 heavy (non-hydrogen) atoms. The van der Waals surface area contributed by atoms with Crippen molar-refractivity contribution < 1.29 is 4.79 Å². The van der Waals surface area contributed by atoms with Crippen molar-refractivity contribution in [1.82, 2.24) is 15.6 Å². The third-order valence-electron chi connectivity index (χ3n) is 3.30. The van der Waals surface area contributed by atoms with E-state index in [1.165, 1.54) is 6.42 Å². The molecule has 0 radical (unpaired) electrons. The van der Waals surface area contributed by atoms with Gasteiger partial charge in [-0.1, -0.05) is 0 Å². The molecule has 0 aromatic carbocycles. The third-order valence-corrected chi connectivity index (χ3v) is 3.30. The Morgan fingerprint density at radius 3 is 3.00 bits per heavy atom. The van der Waals surface area contributed by atoms with E-state index in [1.54, 1.807) is 19.1 Å². The zero-order valence-electron chi connectivity index (χ0n) is 10.6. The van der Waals surface area contributed by atoms with Crippen molar-refractivity contribution >= 4 is 5.91 Å². The van der Waals surface area contributed by atoms with Gasteiger partial charge < -0.3 is 15.6 Å². The Morgan fingerprint density at radius 1 is 1.50 bits per heavy atom. The standard InChI is InChI=1S/C13H19N3O2/c1-9-2-3-11(13(18)16-9)12(17)15-7-5-10-4-6-14-8-10/h2-3,10,14H,4-8H2,1H3,(H,15,17)(H,16,18). The molecule has 1 saturated heterocycles. The van der Waals surface area contributed by atoms with Gasteiger partial charge in [-0.05, 0) is 50.9 Å². The molecule has 2 rings (SSSR count). The first kappa shape index (κ1) is 12.8. The Labute approximate surface area is 106 Å². The van der Waals surface area contributed by atoms with Crippen molar-refractivity contribution in [2.24, 2.45) is 5.92 Å². The molecule has 1 aliphatic rings. The molecule has 5 heteroatoms. The molecule has 0 saturated carbocycles.